The molecule has 8 rings (SSSR count). The van der Waals surface area contributed by atoms with Gasteiger partial charge in [-0.3, -0.25) is 9.59 Å². The standard InChI is InChI=1S/C48H78O5/c1-29(7-17-43(50)51)37-13-15-40-36-12-10-32-28-34(20-24-46(32,4)42(36)22-26-47(37,40)5)53-44(52)18-8-30(2)38-14-16-39-35-11-9-31-27-33(49)19-23-45(31,3)41(35)21-25-48(38,39)6/h29-42,49H,7-28H2,1-6H3,(H,50,51)/t29-,30-,31?,32?,33-,34-,35?,36+,37-,38-,39?,40+,41?,42+,45+,46+,47-,48-/m1/s1. The van der Waals surface area contributed by atoms with Gasteiger partial charge in [-0.1, -0.05) is 41.5 Å². The molecular weight excluding hydrogens is 657 g/mol. The SMILES string of the molecule is C[C@H](CCC(=O)O)[C@H]1CC[C@H]2[C@@H]3CCC4C[C@H](OC(=O)CC[C@@H](C)[C@H]5CCC6C7CCC8C[C@H](O)CC[C@]8(C)C7CC[C@@]65C)CC[C@]4(C)[C@H]3CC[C@]12C. The first kappa shape index (κ1) is 38.8. The molecule has 5 unspecified atom stereocenters. The molecule has 0 heterocycles. The first-order valence-corrected chi connectivity index (χ1v) is 23.3. The van der Waals surface area contributed by atoms with Gasteiger partial charge in [0.2, 0.25) is 0 Å². The molecule has 8 saturated carbocycles. The molecule has 0 amide bonds. The summed E-state index contributed by atoms with van der Waals surface area (Å²) in [7, 11) is 0. The van der Waals surface area contributed by atoms with Crippen molar-refractivity contribution in [3.05, 3.63) is 0 Å². The van der Waals surface area contributed by atoms with E-state index in [0.29, 0.717) is 58.2 Å². The molecule has 0 aromatic rings. The summed E-state index contributed by atoms with van der Waals surface area (Å²) in [5.74, 6) is 8.26. The van der Waals surface area contributed by atoms with Gasteiger partial charge in [0.05, 0.1) is 6.10 Å². The van der Waals surface area contributed by atoms with Crippen LogP contribution in [-0.4, -0.2) is 34.4 Å². The zero-order valence-electron chi connectivity index (χ0n) is 34.8. The van der Waals surface area contributed by atoms with E-state index in [1.165, 1.54) is 89.9 Å². The minimum Gasteiger partial charge on any atom is -0.481 e. The van der Waals surface area contributed by atoms with Gasteiger partial charge in [0, 0.05) is 12.8 Å². The van der Waals surface area contributed by atoms with E-state index in [4.69, 9.17) is 4.74 Å². The van der Waals surface area contributed by atoms with E-state index in [1.54, 1.807) is 0 Å². The molecule has 8 fully saturated rings. The molecule has 0 bridgehead atoms. The highest BCUT2D eigenvalue weighted by Crippen LogP contribution is 2.70. The van der Waals surface area contributed by atoms with Crippen molar-refractivity contribution in [2.24, 2.45) is 92.7 Å². The van der Waals surface area contributed by atoms with Crippen LogP contribution in [-0.2, 0) is 14.3 Å². The van der Waals surface area contributed by atoms with Crippen LogP contribution in [0, 0.1) is 92.7 Å². The lowest BCUT2D eigenvalue weighted by Gasteiger charge is -2.61. The van der Waals surface area contributed by atoms with Crippen LogP contribution in [0.4, 0.5) is 0 Å². The van der Waals surface area contributed by atoms with Gasteiger partial charge in [0.15, 0.2) is 0 Å². The lowest BCUT2D eigenvalue weighted by Crippen LogP contribution is -2.54. The molecule has 5 heteroatoms. The van der Waals surface area contributed by atoms with Gasteiger partial charge in [-0.2, -0.15) is 0 Å². The number of aliphatic hydroxyl groups excluding tert-OH is 1. The van der Waals surface area contributed by atoms with Gasteiger partial charge >= 0.3 is 11.9 Å². The van der Waals surface area contributed by atoms with Crippen molar-refractivity contribution in [1.29, 1.82) is 0 Å². The fourth-order valence-electron chi connectivity index (χ4n) is 17.9. The Kier molecular flexibility index (Phi) is 10.5. The Morgan fingerprint density at radius 2 is 1.06 bits per heavy atom. The molecule has 2 N–H and O–H groups in total. The molecular formula is C48H78O5. The lowest BCUT2D eigenvalue weighted by molar-refractivity contribution is -0.163. The van der Waals surface area contributed by atoms with Gasteiger partial charge in [-0.05, 0) is 221 Å². The second kappa shape index (κ2) is 14.4. The van der Waals surface area contributed by atoms with E-state index in [1.807, 2.05) is 0 Å². The highest BCUT2D eigenvalue weighted by atomic mass is 16.5. The summed E-state index contributed by atoms with van der Waals surface area (Å²) in [6.45, 7) is 15.2. The summed E-state index contributed by atoms with van der Waals surface area (Å²) in [6.07, 6.45) is 25.4. The zero-order chi connectivity index (χ0) is 37.5. The quantitative estimate of drug-likeness (QED) is 0.230. The summed E-state index contributed by atoms with van der Waals surface area (Å²) in [4.78, 5) is 24.8. The summed E-state index contributed by atoms with van der Waals surface area (Å²) in [6, 6.07) is 0. The fraction of sp³-hybridized carbons (Fsp3) is 0.958. The number of carbonyl (C=O) groups is 2. The predicted octanol–water partition coefficient (Wildman–Crippen LogP) is 11.5. The minimum absolute atomic E-state index is 0.0655. The molecule has 0 aromatic heterocycles. The van der Waals surface area contributed by atoms with Crippen LogP contribution in [0.2, 0.25) is 0 Å². The van der Waals surface area contributed by atoms with Crippen molar-refractivity contribution < 1.29 is 24.5 Å². The van der Waals surface area contributed by atoms with Crippen molar-refractivity contribution in [1.82, 2.24) is 0 Å². The number of hydrogen-bond acceptors (Lipinski definition) is 4. The third-order valence-corrected chi connectivity index (χ3v) is 20.7. The highest BCUT2D eigenvalue weighted by molar-refractivity contribution is 5.69. The van der Waals surface area contributed by atoms with E-state index in [9.17, 15) is 19.8 Å². The van der Waals surface area contributed by atoms with Crippen LogP contribution >= 0.6 is 0 Å². The summed E-state index contributed by atoms with van der Waals surface area (Å²) >= 11 is 0. The normalized spacial score (nSPS) is 51.4. The molecule has 5 nitrogen and oxygen atoms in total. The third-order valence-electron chi connectivity index (χ3n) is 20.7. The second-order valence-corrected chi connectivity index (χ2v) is 22.5. The van der Waals surface area contributed by atoms with Crippen LogP contribution < -0.4 is 0 Å². The molecule has 0 radical (unpaired) electrons. The number of ether oxygens (including phenoxy) is 1. The van der Waals surface area contributed by atoms with Crippen molar-refractivity contribution in [3.63, 3.8) is 0 Å². The van der Waals surface area contributed by atoms with Gasteiger partial charge in [-0.15, -0.1) is 0 Å². The van der Waals surface area contributed by atoms with Gasteiger partial charge in [-0.25, -0.2) is 0 Å². The largest absolute Gasteiger partial charge is 0.481 e. The minimum atomic E-state index is -0.648. The van der Waals surface area contributed by atoms with Gasteiger partial charge in [0.25, 0.3) is 0 Å². The molecule has 0 aliphatic heterocycles. The van der Waals surface area contributed by atoms with Gasteiger partial charge < -0.3 is 14.9 Å². The third kappa shape index (κ3) is 6.49. The monoisotopic (exact) mass is 735 g/mol. The Morgan fingerprint density at radius 3 is 1.60 bits per heavy atom. The maximum absolute atomic E-state index is 13.5. The van der Waals surface area contributed by atoms with Crippen molar-refractivity contribution in [2.75, 3.05) is 0 Å². The number of carbonyl (C=O) groups excluding carboxylic acids is 1. The number of aliphatic hydroxyl groups is 1. The van der Waals surface area contributed by atoms with Crippen LogP contribution in [0.25, 0.3) is 0 Å². The molecule has 8 aliphatic carbocycles. The highest BCUT2D eigenvalue weighted by Gasteiger charge is 2.62. The predicted molar refractivity (Wildman–Crippen MR) is 211 cm³/mol. The number of fused-ring (bicyclic) bond motifs is 10. The second-order valence-electron chi connectivity index (χ2n) is 22.5. The van der Waals surface area contributed by atoms with Gasteiger partial charge in [0.1, 0.15) is 6.10 Å². The van der Waals surface area contributed by atoms with E-state index in [2.05, 4.69) is 41.5 Å². The topological polar surface area (TPSA) is 83.8 Å². The number of hydrogen-bond donors (Lipinski definition) is 2. The Labute approximate surface area is 323 Å². The average molecular weight is 735 g/mol. The van der Waals surface area contributed by atoms with Crippen molar-refractivity contribution in [2.45, 2.75) is 195 Å². The number of aliphatic carboxylic acids is 1. The Balaban J connectivity index is 0.823. The molecule has 53 heavy (non-hydrogen) atoms. The molecule has 0 aromatic carbocycles. The molecule has 8 aliphatic rings. The van der Waals surface area contributed by atoms with Crippen LogP contribution in [0.1, 0.15) is 183 Å². The summed E-state index contributed by atoms with van der Waals surface area (Å²) in [5.41, 5.74) is 1.61. The van der Waals surface area contributed by atoms with Crippen LogP contribution in [0.5, 0.6) is 0 Å². The smallest absolute Gasteiger partial charge is 0.306 e. The number of rotatable bonds is 9. The van der Waals surface area contributed by atoms with Crippen LogP contribution in [0.15, 0.2) is 0 Å². The summed E-state index contributed by atoms with van der Waals surface area (Å²) < 4.78 is 6.37. The van der Waals surface area contributed by atoms with Crippen LogP contribution in [0.3, 0.4) is 0 Å². The first-order valence-electron chi connectivity index (χ1n) is 23.3. The zero-order valence-corrected chi connectivity index (χ0v) is 34.8. The maximum atomic E-state index is 13.5. The Hall–Kier alpha value is -1.10. The molecule has 0 spiro atoms. The van der Waals surface area contributed by atoms with E-state index >= 15 is 0 Å². The van der Waals surface area contributed by atoms with E-state index in [-0.39, 0.29) is 18.2 Å². The lowest BCUT2D eigenvalue weighted by atomic mass is 9.44. The number of carboxylic acid groups (broad SMARTS) is 1. The number of carboxylic acids is 1. The molecule has 300 valence electrons. The van der Waals surface area contributed by atoms with E-state index < -0.39 is 5.97 Å². The maximum Gasteiger partial charge on any atom is 0.306 e. The van der Waals surface area contributed by atoms with Crippen molar-refractivity contribution >= 4 is 11.9 Å². The Morgan fingerprint density at radius 1 is 0.585 bits per heavy atom. The van der Waals surface area contributed by atoms with E-state index in [0.717, 1.165) is 85.9 Å². The van der Waals surface area contributed by atoms with Crippen molar-refractivity contribution in [3.8, 4) is 0 Å². The fourth-order valence-corrected chi connectivity index (χ4v) is 17.9. The Bertz CT molecular complexity index is 1360. The number of esters is 1. The molecule has 18 atom stereocenters. The first-order chi connectivity index (χ1) is 25.2. The summed E-state index contributed by atoms with van der Waals surface area (Å²) in [5, 5.41) is 19.8. The average Bonchev–Trinajstić information content (AvgIpc) is 3.67. The molecule has 0 saturated heterocycles.